The van der Waals surface area contributed by atoms with Crippen LogP contribution < -0.4 is 4.74 Å². The normalized spacial score (nSPS) is 21.6. The zero-order chi connectivity index (χ0) is 23.3. The first-order chi connectivity index (χ1) is 15.9. The lowest BCUT2D eigenvalue weighted by atomic mass is 9.94. The average Bonchev–Trinajstić information content (AvgIpc) is 3.40. The van der Waals surface area contributed by atoms with Gasteiger partial charge in [-0.3, -0.25) is 9.59 Å². The van der Waals surface area contributed by atoms with Crippen LogP contribution in [0.1, 0.15) is 39.5 Å². The Morgan fingerprint density at radius 3 is 2.55 bits per heavy atom. The number of ether oxygens (including phenoxy) is 2. The van der Waals surface area contributed by atoms with Crippen LogP contribution in [0.15, 0.2) is 43.0 Å². The second kappa shape index (κ2) is 9.91. The molecule has 0 spiro atoms. The first-order valence-electron chi connectivity index (χ1n) is 11.6. The number of aromatic nitrogens is 3. The third-order valence-corrected chi connectivity index (χ3v) is 6.48. The molecule has 0 radical (unpaired) electrons. The van der Waals surface area contributed by atoms with Crippen molar-refractivity contribution in [3.63, 3.8) is 0 Å². The first kappa shape index (κ1) is 23.2. The minimum atomic E-state index is -0.920. The smallest absolute Gasteiger partial charge is 0.250 e. The molecule has 2 aliphatic rings. The minimum absolute atomic E-state index is 0.0520. The maximum Gasteiger partial charge on any atom is 0.250 e. The van der Waals surface area contributed by atoms with E-state index in [1.807, 2.05) is 49.1 Å². The number of morpholine rings is 1. The van der Waals surface area contributed by atoms with Crippen molar-refractivity contribution in [2.24, 2.45) is 0 Å². The zero-order valence-electron chi connectivity index (χ0n) is 19.5. The van der Waals surface area contributed by atoms with Gasteiger partial charge in [0.05, 0.1) is 19.6 Å². The average molecular weight is 456 g/mol. The van der Waals surface area contributed by atoms with Gasteiger partial charge in [0.1, 0.15) is 36.2 Å². The number of benzene rings is 1. The summed E-state index contributed by atoms with van der Waals surface area (Å²) in [4.78, 5) is 34.4. The van der Waals surface area contributed by atoms with Crippen LogP contribution in [0.25, 0.3) is 0 Å². The van der Waals surface area contributed by atoms with Gasteiger partial charge in [-0.1, -0.05) is 18.2 Å². The molecule has 4 rings (SSSR count). The van der Waals surface area contributed by atoms with Crippen molar-refractivity contribution in [3.8, 4) is 5.75 Å². The molecule has 2 amide bonds. The number of hydrogen-bond donors (Lipinski definition) is 0. The first-order valence-corrected chi connectivity index (χ1v) is 11.6. The molecule has 9 heteroatoms. The number of likely N-dealkylation sites (tertiary alicyclic amines) is 1. The Morgan fingerprint density at radius 2 is 1.85 bits per heavy atom. The molecule has 1 unspecified atom stereocenters. The van der Waals surface area contributed by atoms with E-state index in [4.69, 9.17) is 9.47 Å². The Balaban J connectivity index is 1.53. The van der Waals surface area contributed by atoms with E-state index in [-0.39, 0.29) is 31.4 Å². The highest BCUT2D eigenvalue weighted by atomic mass is 16.5. The van der Waals surface area contributed by atoms with Crippen molar-refractivity contribution in [3.05, 3.63) is 43.0 Å². The predicted octanol–water partition coefficient (Wildman–Crippen LogP) is 2.09. The monoisotopic (exact) mass is 455 g/mol. The van der Waals surface area contributed by atoms with Gasteiger partial charge in [-0.05, 0) is 45.2 Å². The lowest BCUT2D eigenvalue weighted by Crippen LogP contribution is -2.61. The third-order valence-electron chi connectivity index (χ3n) is 6.48. The largest absolute Gasteiger partial charge is 0.490 e. The Hall–Kier alpha value is -2.94. The Kier molecular flexibility index (Phi) is 6.97. The summed E-state index contributed by atoms with van der Waals surface area (Å²) in [6, 6.07) is 9.48. The molecular formula is C24H33N5O4. The summed E-state index contributed by atoms with van der Waals surface area (Å²) in [6.45, 7) is 6.43. The third kappa shape index (κ3) is 5.35. The fourth-order valence-electron chi connectivity index (χ4n) is 4.51. The van der Waals surface area contributed by atoms with Crippen LogP contribution in [-0.2, 0) is 19.9 Å². The molecule has 2 saturated heterocycles. The molecule has 1 aromatic heterocycles. The molecule has 0 saturated carbocycles. The van der Waals surface area contributed by atoms with E-state index in [1.54, 1.807) is 15.9 Å². The van der Waals surface area contributed by atoms with Crippen LogP contribution in [0, 0.1) is 0 Å². The van der Waals surface area contributed by atoms with E-state index in [9.17, 15) is 9.59 Å². The standard InChI is InChI=1S/C24H33N5O4/c1-23(2,29-19-25-18-26-29)22(31)28-13-14-33-24(16-28,17-32-20-9-5-3-6-10-20)15-21(30)27-11-7-4-8-12-27/h3,5-6,9-10,18-19H,4,7-8,11-17H2,1-2H3. The van der Waals surface area contributed by atoms with Gasteiger partial charge in [0.2, 0.25) is 11.8 Å². The van der Waals surface area contributed by atoms with Gasteiger partial charge in [0, 0.05) is 19.6 Å². The second-order valence-electron chi connectivity index (χ2n) is 9.38. The van der Waals surface area contributed by atoms with Gasteiger partial charge in [0.15, 0.2) is 0 Å². The van der Waals surface area contributed by atoms with Crippen molar-refractivity contribution in [2.45, 2.75) is 50.7 Å². The summed E-state index contributed by atoms with van der Waals surface area (Å²) in [5.74, 6) is 0.666. The van der Waals surface area contributed by atoms with Gasteiger partial charge in [-0.2, -0.15) is 5.10 Å². The summed E-state index contributed by atoms with van der Waals surface area (Å²) in [5.41, 5.74) is -1.83. The SMILES string of the molecule is CC(C)(C(=O)N1CCOC(COc2ccccc2)(CC(=O)N2CCCCC2)C1)n1cncn1. The van der Waals surface area contributed by atoms with Crippen LogP contribution in [0.3, 0.4) is 0 Å². The van der Waals surface area contributed by atoms with Crippen molar-refractivity contribution in [1.29, 1.82) is 0 Å². The fourth-order valence-corrected chi connectivity index (χ4v) is 4.51. The van der Waals surface area contributed by atoms with Gasteiger partial charge < -0.3 is 19.3 Å². The summed E-state index contributed by atoms with van der Waals surface area (Å²) >= 11 is 0. The van der Waals surface area contributed by atoms with Crippen LogP contribution in [0.5, 0.6) is 5.75 Å². The van der Waals surface area contributed by atoms with Gasteiger partial charge >= 0.3 is 0 Å². The molecule has 178 valence electrons. The second-order valence-corrected chi connectivity index (χ2v) is 9.38. The lowest BCUT2D eigenvalue weighted by Gasteiger charge is -2.44. The molecule has 1 atom stereocenters. The number of nitrogens with zero attached hydrogens (tertiary/aromatic N) is 5. The molecule has 0 bridgehead atoms. The van der Waals surface area contributed by atoms with E-state index in [0.717, 1.165) is 32.4 Å². The molecule has 9 nitrogen and oxygen atoms in total. The number of hydrogen-bond acceptors (Lipinski definition) is 6. The number of carbonyl (C=O) groups is 2. The summed E-state index contributed by atoms with van der Waals surface area (Å²) in [7, 11) is 0. The maximum atomic E-state index is 13.5. The van der Waals surface area contributed by atoms with E-state index >= 15 is 0 Å². The summed E-state index contributed by atoms with van der Waals surface area (Å²) < 4.78 is 13.9. The van der Waals surface area contributed by atoms with Crippen LogP contribution in [-0.4, -0.2) is 81.4 Å². The quantitative estimate of drug-likeness (QED) is 0.635. The molecule has 3 heterocycles. The maximum absolute atomic E-state index is 13.5. The molecule has 0 aliphatic carbocycles. The Morgan fingerprint density at radius 1 is 1.09 bits per heavy atom. The number of carbonyl (C=O) groups excluding carboxylic acids is 2. The zero-order valence-corrected chi connectivity index (χ0v) is 19.5. The highest BCUT2D eigenvalue weighted by Gasteiger charge is 2.45. The Labute approximate surface area is 194 Å². The molecule has 0 N–H and O–H groups in total. The molecule has 2 aromatic rings. The van der Waals surface area contributed by atoms with E-state index in [1.165, 1.54) is 6.33 Å². The van der Waals surface area contributed by atoms with E-state index in [2.05, 4.69) is 10.1 Å². The van der Waals surface area contributed by atoms with Crippen LogP contribution in [0.4, 0.5) is 0 Å². The topological polar surface area (TPSA) is 89.8 Å². The number of rotatable bonds is 7. The van der Waals surface area contributed by atoms with Crippen molar-refractivity contribution in [1.82, 2.24) is 24.6 Å². The molecule has 33 heavy (non-hydrogen) atoms. The predicted molar refractivity (Wildman–Crippen MR) is 122 cm³/mol. The van der Waals surface area contributed by atoms with Crippen molar-refractivity contribution in [2.75, 3.05) is 39.4 Å². The molecular weight excluding hydrogens is 422 g/mol. The van der Waals surface area contributed by atoms with Gasteiger partial charge in [-0.25, -0.2) is 9.67 Å². The van der Waals surface area contributed by atoms with Crippen LogP contribution in [0.2, 0.25) is 0 Å². The van der Waals surface area contributed by atoms with Gasteiger partial charge in [0.25, 0.3) is 0 Å². The van der Waals surface area contributed by atoms with Crippen molar-refractivity contribution >= 4 is 11.8 Å². The lowest BCUT2D eigenvalue weighted by molar-refractivity contribution is -0.170. The highest BCUT2D eigenvalue weighted by Crippen LogP contribution is 2.28. The van der Waals surface area contributed by atoms with Crippen molar-refractivity contribution < 1.29 is 19.1 Å². The van der Waals surface area contributed by atoms with Gasteiger partial charge in [-0.15, -0.1) is 0 Å². The number of para-hydroxylation sites is 1. The number of piperidine rings is 1. The number of amides is 2. The van der Waals surface area contributed by atoms with Crippen LogP contribution >= 0.6 is 0 Å². The summed E-state index contributed by atoms with van der Waals surface area (Å²) in [6.07, 6.45) is 6.34. The Bertz CT molecular complexity index is 928. The molecule has 2 aliphatic heterocycles. The fraction of sp³-hybridized carbons (Fsp3) is 0.583. The van der Waals surface area contributed by atoms with E-state index in [0.29, 0.717) is 18.9 Å². The summed E-state index contributed by atoms with van der Waals surface area (Å²) in [5, 5.41) is 4.17. The molecule has 1 aromatic carbocycles. The molecule has 2 fully saturated rings. The van der Waals surface area contributed by atoms with E-state index < -0.39 is 11.1 Å². The minimum Gasteiger partial charge on any atom is -0.490 e. The highest BCUT2D eigenvalue weighted by molar-refractivity contribution is 5.84.